The van der Waals surface area contributed by atoms with Crippen LogP contribution in [0.2, 0.25) is 0 Å². The lowest BCUT2D eigenvalue weighted by Gasteiger charge is -2.23. The summed E-state index contributed by atoms with van der Waals surface area (Å²) < 4.78 is 6.03. The SMILES string of the molecule is CCCCC/C=C\C/C=C\CCCCCCCCOC1(C)CCNC1. The van der Waals surface area contributed by atoms with Gasteiger partial charge in [0.2, 0.25) is 0 Å². The number of rotatable bonds is 16. The smallest absolute Gasteiger partial charge is 0.0790 e. The number of hydrogen-bond donors (Lipinski definition) is 1. The largest absolute Gasteiger partial charge is 0.374 e. The van der Waals surface area contributed by atoms with Gasteiger partial charge < -0.3 is 10.1 Å². The van der Waals surface area contributed by atoms with Crippen molar-refractivity contribution in [3.8, 4) is 0 Å². The molecule has 1 fully saturated rings. The standard InChI is InChI=1S/C23H43NO/c1-3-4-5-6-7-8-9-10-11-12-13-14-15-16-17-18-21-25-23(2)19-20-24-22-23/h7-8,10-11,24H,3-6,9,12-22H2,1-2H3/b8-7-,11-10-. The van der Waals surface area contributed by atoms with Crippen LogP contribution in [0.3, 0.4) is 0 Å². The molecule has 0 saturated carbocycles. The molecule has 0 bridgehead atoms. The second kappa shape index (κ2) is 15.6. The van der Waals surface area contributed by atoms with Crippen LogP contribution in [0, 0.1) is 0 Å². The fraction of sp³-hybridized carbons (Fsp3) is 0.826. The highest BCUT2D eigenvalue weighted by Gasteiger charge is 2.28. The second-order valence-electron chi connectivity index (χ2n) is 7.81. The molecule has 0 aliphatic carbocycles. The van der Waals surface area contributed by atoms with Crippen molar-refractivity contribution in [1.82, 2.24) is 5.32 Å². The molecular formula is C23H43NO. The van der Waals surface area contributed by atoms with Gasteiger partial charge in [-0.15, -0.1) is 0 Å². The van der Waals surface area contributed by atoms with Gasteiger partial charge in [-0.05, 0) is 58.4 Å². The Morgan fingerprint density at radius 1 is 0.840 bits per heavy atom. The van der Waals surface area contributed by atoms with E-state index in [-0.39, 0.29) is 5.60 Å². The predicted octanol–water partition coefficient (Wildman–Crippen LogP) is 6.57. The van der Waals surface area contributed by atoms with Gasteiger partial charge in [-0.2, -0.15) is 0 Å². The maximum atomic E-state index is 6.03. The molecule has 0 aromatic carbocycles. The Labute approximate surface area is 157 Å². The molecule has 1 N–H and O–H groups in total. The highest BCUT2D eigenvalue weighted by molar-refractivity contribution is 4.92. The molecule has 1 heterocycles. The molecule has 0 amide bonds. The van der Waals surface area contributed by atoms with Gasteiger partial charge in [-0.3, -0.25) is 0 Å². The van der Waals surface area contributed by atoms with Crippen LogP contribution in [-0.2, 0) is 4.74 Å². The molecule has 2 heteroatoms. The fourth-order valence-corrected chi connectivity index (χ4v) is 3.33. The monoisotopic (exact) mass is 349 g/mol. The normalized spacial score (nSPS) is 21.0. The highest BCUT2D eigenvalue weighted by atomic mass is 16.5. The van der Waals surface area contributed by atoms with E-state index in [2.05, 4.69) is 43.5 Å². The van der Waals surface area contributed by atoms with Crippen molar-refractivity contribution >= 4 is 0 Å². The Morgan fingerprint density at radius 2 is 1.48 bits per heavy atom. The average molecular weight is 350 g/mol. The van der Waals surface area contributed by atoms with Gasteiger partial charge >= 0.3 is 0 Å². The van der Waals surface area contributed by atoms with Crippen LogP contribution in [0.5, 0.6) is 0 Å². The van der Waals surface area contributed by atoms with Gasteiger partial charge in [0.15, 0.2) is 0 Å². The van der Waals surface area contributed by atoms with Crippen molar-refractivity contribution in [2.75, 3.05) is 19.7 Å². The maximum absolute atomic E-state index is 6.03. The van der Waals surface area contributed by atoms with Crippen molar-refractivity contribution in [2.24, 2.45) is 0 Å². The number of unbranched alkanes of at least 4 members (excludes halogenated alkanes) is 9. The first-order chi connectivity index (χ1) is 12.3. The molecule has 1 unspecified atom stereocenters. The Kier molecular flexibility index (Phi) is 14.0. The summed E-state index contributed by atoms with van der Waals surface area (Å²) in [4.78, 5) is 0. The summed E-state index contributed by atoms with van der Waals surface area (Å²) in [6, 6.07) is 0. The minimum atomic E-state index is 0.108. The van der Waals surface area contributed by atoms with E-state index >= 15 is 0 Å². The summed E-state index contributed by atoms with van der Waals surface area (Å²) in [5.41, 5.74) is 0.108. The number of allylic oxidation sites excluding steroid dienone is 4. The van der Waals surface area contributed by atoms with Gasteiger partial charge in [-0.25, -0.2) is 0 Å². The van der Waals surface area contributed by atoms with Crippen LogP contribution in [-0.4, -0.2) is 25.3 Å². The Hall–Kier alpha value is -0.600. The maximum Gasteiger partial charge on any atom is 0.0790 e. The van der Waals surface area contributed by atoms with Crippen LogP contribution in [0.25, 0.3) is 0 Å². The van der Waals surface area contributed by atoms with Crippen molar-refractivity contribution < 1.29 is 4.74 Å². The molecule has 1 aliphatic heterocycles. The third kappa shape index (κ3) is 13.3. The van der Waals surface area contributed by atoms with Gasteiger partial charge in [0.1, 0.15) is 0 Å². The summed E-state index contributed by atoms with van der Waals surface area (Å²) in [7, 11) is 0. The second-order valence-corrected chi connectivity index (χ2v) is 7.81. The van der Waals surface area contributed by atoms with Crippen molar-refractivity contribution in [2.45, 2.75) is 103 Å². The zero-order valence-electron chi connectivity index (χ0n) is 17.0. The van der Waals surface area contributed by atoms with E-state index < -0.39 is 0 Å². The van der Waals surface area contributed by atoms with Gasteiger partial charge in [0.05, 0.1) is 5.60 Å². The number of ether oxygens (including phenoxy) is 1. The number of nitrogens with one attached hydrogen (secondary N) is 1. The minimum absolute atomic E-state index is 0.108. The van der Waals surface area contributed by atoms with Gasteiger partial charge in [0, 0.05) is 13.2 Å². The number of hydrogen-bond acceptors (Lipinski definition) is 2. The third-order valence-corrected chi connectivity index (χ3v) is 5.13. The molecule has 1 saturated heterocycles. The van der Waals surface area contributed by atoms with E-state index in [0.29, 0.717) is 0 Å². The molecule has 0 radical (unpaired) electrons. The van der Waals surface area contributed by atoms with E-state index in [1.54, 1.807) is 0 Å². The Morgan fingerprint density at radius 3 is 2.12 bits per heavy atom. The lowest BCUT2D eigenvalue weighted by Crippen LogP contribution is -2.31. The summed E-state index contributed by atoms with van der Waals surface area (Å²) in [5, 5.41) is 3.39. The van der Waals surface area contributed by atoms with Gasteiger partial charge in [-0.1, -0.05) is 69.8 Å². The first kappa shape index (κ1) is 22.4. The van der Waals surface area contributed by atoms with E-state index in [1.165, 1.54) is 70.6 Å². The zero-order valence-corrected chi connectivity index (χ0v) is 17.0. The third-order valence-electron chi connectivity index (χ3n) is 5.13. The molecule has 1 aliphatic rings. The molecule has 0 aromatic heterocycles. The van der Waals surface area contributed by atoms with Crippen molar-refractivity contribution in [1.29, 1.82) is 0 Å². The molecule has 146 valence electrons. The topological polar surface area (TPSA) is 21.3 Å². The molecule has 1 rings (SSSR count). The quantitative estimate of drug-likeness (QED) is 0.251. The van der Waals surface area contributed by atoms with Gasteiger partial charge in [0.25, 0.3) is 0 Å². The molecule has 2 nitrogen and oxygen atoms in total. The first-order valence-electron chi connectivity index (χ1n) is 10.9. The zero-order chi connectivity index (χ0) is 18.1. The first-order valence-corrected chi connectivity index (χ1v) is 10.9. The fourth-order valence-electron chi connectivity index (χ4n) is 3.33. The molecule has 1 atom stereocenters. The lowest BCUT2D eigenvalue weighted by molar-refractivity contribution is -0.0178. The van der Waals surface area contributed by atoms with Crippen molar-refractivity contribution in [3.05, 3.63) is 24.3 Å². The van der Waals surface area contributed by atoms with Crippen molar-refractivity contribution in [3.63, 3.8) is 0 Å². The summed E-state index contributed by atoms with van der Waals surface area (Å²) >= 11 is 0. The molecule has 0 aromatic rings. The minimum Gasteiger partial charge on any atom is -0.374 e. The van der Waals surface area contributed by atoms with Crippen LogP contribution < -0.4 is 5.32 Å². The lowest BCUT2D eigenvalue weighted by atomic mass is 10.1. The summed E-state index contributed by atoms with van der Waals surface area (Å²) in [6.07, 6.45) is 26.2. The van der Waals surface area contributed by atoms with E-state index in [9.17, 15) is 0 Å². The highest BCUT2D eigenvalue weighted by Crippen LogP contribution is 2.19. The summed E-state index contributed by atoms with van der Waals surface area (Å²) in [5.74, 6) is 0. The molecule has 0 spiro atoms. The Bertz CT molecular complexity index is 342. The van der Waals surface area contributed by atoms with Crippen LogP contribution in [0.15, 0.2) is 24.3 Å². The van der Waals surface area contributed by atoms with E-state index in [0.717, 1.165) is 32.5 Å². The van der Waals surface area contributed by atoms with Crippen LogP contribution >= 0.6 is 0 Å². The average Bonchev–Trinajstić information content (AvgIpc) is 3.04. The van der Waals surface area contributed by atoms with E-state index in [1.807, 2.05) is 0 Å². The van der Waals surface area contributed by atoms with Crippen LogP contribution in [0.1, 0.15) is 97.3 Å². The van der Waals surface area contributed by atoms with E-state index in [4.69, 9.17) is 4.74 Å². The molecule has 25 heavy (non-hydrogen) atoms. The summed E-state index contributed by atoms with van der Waals surface area (Å²) in [6.45, 7) is 7.57. The molecular weight excluding hydrogens is 306 g/mol. The Balaban J connectivity index is 1.77. The predicted molar refractivity (Wildman–Crippen MR) is 111 cm³/mol. The van der Waals surface area contributed by atoms with Crippen LogP contribution in [0.4, 0.5) is 0 Å².